The molecular formula is C46H28N2. The summed E-state index contributed by atoms with van der Waals surface area (Å²) in [7, 11) is 0. The fourth-order valence-electron chi connectivity index (χ4n) is 8.41. The van der Waals surface area contributed by atoms with Crippen molar-refractivity contribution < 1.29 is 0 Å². The molecule has 0 N–H and O–H groups in total. The lowest BCUT2D eigenvalue weighted by Gasteiger charge is -2.13. The second-order valence-corrected chi connectivity index (χ2v) is 12.9. The lowest BCUT2D eigenvalue weighted by Crippen LogP contribution is -1.95. The van der Waals surface area contributed by atoms with Gasteiger partial charge in [-0.15, -0.1) is 0 Å². The SMILES string of the molecule is c1ccc(-n2c3ccccc3c3cc(-c4ccc5c(c4)c4ccccc4n5-c4ccc5c6c(cccc46)-c4ccccc4-5)ccc32)cc1. The zero-order chi connectivity index (χ0) is 31.3. The minimum atomic E-state index is 1.18. The van der Waals surface area contributed by atoms with Gasteiger partial charge >= 0.3 is 0 Å². The van der Waals surface area contributed by atoms with Gasteiger partial charge < -0.3 is 9.13 Å². The third-order valence-corrected chi connectivity index (χ3v) is 10.5. The van der Waals surface area contributed by atoms with E-state index < -0.39 is 0 Å². The highest BCUT2D eigenvalue weighted by Gasteiger charge is 2.24. The Morgan fingerprint density at radius 1 is 0.292 bits per heavy atom. The molecule has 0 amide bonds. The van der Waals surface area contributed by atoms with E-state index in [0.717, 1.165) is 0 Å². The number of para-hydroxylation sites is 3. The summed E-state index contributed by atoms with van der Waals surface area (Å²) in [6, 6.07) is 62.4. The predicted molar refractivity (Wildman–Crippen MR) is 202 cm³/mol. The van der Waals surface area contributed by atoms with Crippen molar-refractivity contribution in [1.82, 2.24) is 9.13 Å². The van der Waals surface area contributed by atoms with E-state index in [9.17, 15) is 0 Å². The lowest BCUT2D eigenvalue weighted by molar-refractivity contribution is 1.18. The van der Waals surface area contributed by atoms with Crippen LogP contribution < -0.4 is 0 Å². The zero-order valence-electron chi connectivity index (χ0n) is 26.1. The second kappa shape index (κ2) is 9.57. The standard InChI is InChI=1S/C46H28N2/c1-2-11-31(12-3-1)47-41-19-8-6-15-34(41)39-27-29(21-24-44(39)47)30-22-25-45-40(28-30)35-16-7-9-20-42(35)48(45)43-26-23-37-33-14-5-4-13-32(33)36-17-10-18-38(43)46(36)37/h1-28H. The van der Waals surface area contributed by atoms with Crippen LogP contribution >= 0.6 is 0 Å². The topological polar surface area (TPSA) is 9.86 Å². The maximum atomic E-state index is 2.47. The number of benzene rings is 8. The fraction of sp³-hybridized carbons (Fsp3) is 0. The number of hydrogen-bond acceptors (Lipinski definition) is 0. The van der Waals surface area contributed by atoms with Crippen molar-refractivity contribution in [2.75, 3.05) is 0 Å². The van der Waals surface area contributed by atoms with E-state index in [-0.39, 0.29) is 0 Å². The van der Waals surface area contributed by atoms with Crippen LogP contribution in [0.1, 0.15) is 0 Å². The Balaban J connectivity index is 1.13. The molecule has 0 radical (unpaired) electrons. The average Bonchev–Trinajstić information content (AvgIpc) is 3.78. The molecule has 0 atom stereocenters. The maximum Gasteiger partial charge on any atom is 0.0541 e. The van der Waals surface area contributed by atoms with E-state index in [2.05, 4.69) is 179 Å². The molecule has 10 aromatic rings. The highest BCUT2D eigenvalue weighted by atomic mass is 15.0. The third-order valence-electron chi connectivity index (χ3n) is 10.5. The maximum absolute atomic E-state index is 2.47. The molecule has 2 heteroatoms. The Labute approximate surface area is 277 Å². The summed E-state index contributed by atoms with van der Waals surface area (Å²) in [5, 5.41) is 7.70. The summed E-state index contributed by atoms with van der Waals surface area (Å²) in [6.45, 7) is 0. The minimum Gasteiger partial charge on any atom is -0.309 e. The molecule has 222 valence electrons. The van der Waals surface area contributed by atoms with Gasteiger partial charge in [0, 0.05) is 32.6 Å². The summed E-state index contributed by atoms with van der Waals surface area (Å²) in [4.78, 5) is 0. The summed E-state index contributed by atoms with van der Waals surface area (Å²) in [5.74, 6) is 0. The average molecular weight is 609 g/mol. The molecule has 2 heterocycles. The number of fused-ring (bicyclic) bond motifs is 9. The highest BCUT2D eigenvalue weighted by Crippen LogP contribution is 2.49. The molecule has 1 aliphatic carbocycles. The predicted octanol–water partition coefficient (Wildman–Crippen LogP) is 12.3. The summed E-state index contributed by atoms with van der Waals surface area (Å²) < 4.78 is 4.85. The monoisotopic (exact) mass is 608 g/mol. The molecule has 2 aromatic heterocycles. The van der Waals surface area contributed by atoms with Gasteiger partial charge in [0.2, 0.25) is 0 Å². The molecular weight excluding hydrogens is 581 g/mol. The minimum absolute atomic E-state index is 1.18. The summed E-state index contributed by atoms with van der Waals surface area (Å²) in [5.41, 5.74) is 15.0. The molecule has 0 saturated carbocycles. The van der Waals surface area contributed by atoms with Gasteiger partial charge in [-0.2, -0.15) is 0 Å². The first-order chi connectivity index (χ1) is 23.8. The van der Waals surface area contributed by atoms with E-state index in [1.165, 1.54) is 99.1 Å². The van der Waals surface area contributed by atoms with Gasteiger partial charge in [-0.05, 0) is 93.4 Å². The molecule has 0 spiro atoms. The first-order valence-electron chi connectivity index (χ1n) is 16.6. The molecule has 0 fully saturated rings. The molecule has 48 heavy (non-hydrogen) atoms. The Bertz CT molecular complexity index is 2910. The largest absolute Gasteiger partial charge is 0.309 e. The van der Waals surface area contributed by atoms with E-state index in [1.807, 2.05) is 0 Å². The normalized spacial score (nSPS) is 12.2. The van der Waals surface area contributed by atoms with Gasteiger partial charge in [0.05, 0.1) is 27.8 Å². The van der Waals surface area contributed by atoms with E-state index >= 15 is 0 Å². The molecule has 2 nitrogen and oxygen atoms in total. The second-order valence-electron chi connectivity index (χ2n) is 12.9. The van der Waals surface area contributed by atoms with Gasteiger partial charge in [0.1, 0.15) is 0 Å². The molecule has 0 saturated heterocycles. The van der Waals surface area contributed by atoms with E-state index in [1.54, 1.807) is 0 Å². The van der Waals surface area contributed by atoms with Crippen molar-refractivity contribution >= 4 is 54.4 Å². The number of aromatic nitrogens is 2. The van der Waals surface area contributed by atoms with Gasteiger partial charge in [0.15, 0.2) is 0 Å². The van der Waals surface area contributed by atoms with Crippen LogP contribution in [-0.4, -0.2) is 9.13 Å². The smallest absolute Gasteiger partial charge is 0.0541 e. The number of rotatable bonds is 3. The van der Waals surface area contributed by atoms with Crippen LogP contribution in [0.4, 0.5) is 0 Å². The van der Waals surface area contributed by atoms with Crippen molar-refractivity contribution in [2.24, 2.45) is 0 Å². The van der Waals surface area contributed by atoms with E-state index in [0.29, 0.717) is 0 Å². The van der Waals surface area contributed by atoms with Gasteiger partial charge in [0.25, 0.3) is 0 Å². The zero-order valence-corrected chi connectivity index (χ0v) is 26.1. The van der Waals surface area contributed by atoms with Crippen LogP contribution in [0, 0.1) is 0 Å². The van der Waals surface area contributed by atoms with Crippen LogP contribution in [0.5, 0.6) is 0 Å². The highest BCUT2D eigenvalue weighted by molar-refractivity contribution is 6.19. The molecule has 0 unspecified atom stereocenters. The quantitative estimate of drug-likeness (QED) is 0.189. The van der Waals surface area contributed by atoms with Crippen molar-refractivity contribution in [2.45, 2.75) is 0 Å². The Morgan fingerprint density at radius 3 is 1.48 bits per heavy atom. The van der Waals surface area contributed by atoms with Crippen molar-refractivity contribution in [1.29, 1.82) is 0 Å². The first kappa shape index (κ1) is 25.8. The summed E-state index contributed by atoms with van der Waals surface area (Å²) in [6.07, 6.45) is 0. The van der Waals surface area contributed by atoms with Crippen molar-refractivity contribution in [3.05, 3.63) is 170 Å². The van der Waals surface area contributed by atoms with Gasteiger partial charge in [-0.1, -0.05) is 115 Å². The third kappa shape index (κ3) is 3.41. The van der Waals surface area contributed by atoms with Crippen LogP contribution in [0.3, 0.4) is 0 Å². The molecule has 0 bridgehead atoms. The van der Waals surface area contributed by atoms with Crippen LogP contribution in [0.2, 0.25) is 0 Å². The Hall–Kier alpha value is -6.38. The van der Waals surface area contributed by atoms with Gasteiger partial charge in [-0.3, -0.25) is 0 Å². The van der Waals surface area contributed by atoms with E-state index in [4.69, 9.17) is 0 Å². The molecule has 0 aliphatic heterocycles. The first-order valence-corrected chi connectivity index (χ1v) is 16.6. The van der Waals surface area contributed by atoms with Crippen LogP contribution in [-0.2, 0) is 0 Å². The Kier molecular flexibility index (Phi) is 5.14. The molecule has 11 rings (SSSR count). The van der Waals surface area contributed by atoms with Crippen LogP contribution in [0.25, 0.3) is 99.1 Å². The summed E-state index contributed by atoms with van der Waals surface area (Å²) >= 11 is 0. The lowest BCUT2D eigenvalue weighted by atomic mass is 10.0. The number of nitrogens with zero attached hydrogens (tertiary/aromatic N) is 2. The fourth-order valence-corrected chi connectivity index (χ4v) is 8.41. The van der Waals surface area contributed by atoms with Crippen LogP contribution in [0.15, 0.2) is 170 Å². The molecule has 1 aliphatic rings. The Morgan fingerprint density at radius 2 is 0.792 bits per heavy atom. The van der Waals surface area contributed by atoms with Gasteiger partial charge in [-0.25, -0.2) is 0 Å². The van der Waals surface area contributed by atoms with Crippen molar-refractivity contribution in [3.8, 4) is 44.8 Å². The molecule has 8 aromatic carbocycles. The van der Waals surface area contributed by atoms with Crippen molar-refractivity contribution in [3.63, 3.8) is 0 Å². The number of hydrogen-bond donors (Lipinski definition) is 0.